The summed E-state index contributed by atoms with van der Waals surface area (Å²) in [7, 11) is 2.11. The van der Waals surface area contributed by atoms with Gasteiger partial charge in [-0.05, 0) is 49.7 Å². The standard InChI is InChI=1S/C23H28N2O3/c1-24-13-14-25(22(16-24)18-6-3-2-4-7-18)23(26)19-9-11-20(12-10-19)28-17-21-8-5-15-27-21/h2-4,6-7,9-12,21-22H,5,8,13-17H2,1H3/t21-,22-/m1/s1. The Labute approximate surface area is 166 Å². The summed E-state index contributed by atoms with van der Waals surface area (Å²) < 4.78 is 11.4. The fourth-order valence-corrected chi connectivity index (χ4v) is 3.95. The van der Waals surface area contributed by atoms with E-state index in [2.05, 4.69) is 24.1 Å². The van der Waals surface area contributed by atoms with Crippen LogP contribution in [0.4, 0.5) is 0 Å². The average Bonchev–Trinajstić information content (AvgIpc) is 3.26. The number of likely N-dealkylation sites (N-methyl/N-ethyl adjacent to an activating group) is 1. The number of piperazine rings is 1. The Bertz CT molecular complexity index is 772. The first-order valence-electron chi connectivity index (χ1n) is 10.1. The quantitative estimate of drug-likeness (QED) is 0.798. The predicted octanol–water partition coefficient (Wildman–Crippen LogP) is 3.37. The smallest absolute Gasteiger partial charge is 0.254 e. The molecule has 0 aromatic heterocycles. The van der Waals surface area contributed by atoms with Crippen LogP contribution in [0.3, 0.4) is 0 Å². The Balaban J connectivity index is 1.44. The molecular formula is C23H28N2O3. The molecule has 4 rings (SSSR count). The van der Waals surface area contributed by atoms with E-state index in [9.17, 15) is 4.79 Å². The lowest BCUT2D eigenvalue weighted by atomic mass is 10.0. The zero-order chi connectivity index (χ0) is 19.3. The Morgan fingerprint density at radius 1 is 1.11 bits per heavy atom. The maximum Gasteiger partial charge on any atom is 0.254 e. The van der Waals surface area contributed by atoms with Gasteiger partial charge in [-0.2, -0.15) is 0 Å². The van der Waals surface area contributed by atoms with E-state index in [4.69, 9.17) is 9.47 Å². The Morgan fingerprint density at radius 2 is 1.89 bits per heavy atom. The minimum atomic E-state index is 0.0721. The van der Waals surface area contributed by atoms with E-state index >= 15 is 0 Å². The third-order valence-corrected chi connectivity index (χ3v) is 5.59. The maximum atomic E-state index is 13.2. The third kappa shape index (κ3) is 4.37. The number of carbonyl (C=O) groups excluding carboxylic acids is 1. The largest absolute Gasteiger partial charge is 0.491 e. The highest BCUT2D eigenvalue weighted by molar-refractivity contribution is 5.94. The van der Waals surface area contributed by atoms with Crippen molar-refractivity contribution >= 4 is 5.91 Å². The summed E-state index contributed by atoms with van der Waals surface area (Å²) in [5.74, 6) is 0.859. The van der Waals surface area contributed by atoms with Gasteiger partial charge >= 0.3 is 0 Å². The Kier molecular flexibility index (Phi) is 5.93. The highest BCUT2D eigenvalue weighted by atomic mass is 16.5. The minimum absolute atomic E-state index is 0.0721. The third-order valence-electron chi connectivity index (χ3n) is 5.59. The lowest BCUT2D eigenvalue weighted by Crippen LogP contribution is -2.49. The molecule has 0 spiro atoms. The summed E-state index contributed by atoms with van der Waals surface area (Å²) in [4.78, 5) is 17.5. The lowest BCUT2D eigenvalue weighted by molar-refractivity contribution is 0.0497. The van der Waals surface area contributed by atoms with Crippen molar-refractivity contribution in [2.45, 2.75) is 25.0 Å². The summed E-state index contributed by atoms with van der Waals surface area (Å²) in [5.41, 5.74) is 1.88. The molecule has 2 aromatic rings. The number of ether oxygens (including phenoxy) is 2. The molecule has 0 unspecified atom stereocenters. The highest BCUT2D eigenvalue weighted by Gasteiger charge is 2.30. The van der Waals surface area contributed by atoms with Crippen LogP contribution >= 0.6 is 0 Å². The average molecular weight is 380 g/mol. The second-order valence-corrected chi connectivity index (χ2v) is 7.66. The van der Waals surface area contributed by atoms with Gasteiger partial charge in [0, 0.05) is 31.8 Å². The monoisotopic (exact) mass is 380 g/mol. The first-order valence-corrected chi connectivity index (χ1v) is 10.1. The molecule has 1 amide bonds. The SMILES string of the molecule is CN1CCN(C(=O)c2ccc(OC[C@H]3CCCO3)cc2)[C@@H](c2ccccc2)C1. The number of carbonyl (C=O) groups is 1. The molecule has 0 radical (unpaired) electrons. The normalized spacial score (nSPS) is 23.0. The van der Waals surface area contributed by atoms with Gasteiger partial charge in [-0.1, -0.05) is 30.3 Å². The van der Waals surface area contributed by atoms with Crippen LogP contribution in [0.1, 0.15) is 34.8 Å². The molecule has 2 saturated heterocycles. The van der Waals surface area contributed by atoms with Crippen LogP contribution in [0.2, 0.25) is 0 Å². The molecule has 5 heteroatoms. The van der Waals surface area contributed by atoms with Crippen LogP contribution in [-0.2, 0) is 4.74 Å². The van der Waals surface area contributed by atoms with E-state index < -0.39 is 0 Å². The van der Waals surface area contributed by atoms with Gasteiger partial charge in [0.05, 0.1) is 12.1 Å². The molecule has 0 saturated carbocycles. The van der Waals surface area contributed by atoms with Gasteiger partial charge in [0.2, 0.25) is 0 Å². The molecule has 148 valence electrons. The summed E-state index contributed by atoms with van der Waals surface area (Å²) in [5, 5.41) is 0. The van der Waals surface area contributed by atoms with Crippen molar-refractivity contribution in [2.75, 3.05) is 39.9 Å². The molecule has 2 heterocycles. The van der Waals surface area contributed by atoms with Crippen molar-refractivity contribution in [1.82, 2.24) is 9.80 Å². The van der Waals surface area contributed by atoms with E-state index in [0.717, 1.165) is 44.8 Å². The molecule has 0 bridgehead atoms. The van der Waals surface area contributed by atoms with Crippen molar-refractivity contribution in [2.24, 2.45) is 0 Å². The van der Waals surface area contributed by atoms with E-state index in [1.807, 2.05) is 47.4 Å². The number of rotatable bonds is 5. The van der Waals surface area contributed by atoms with Crippen LogP contribution in [0.15, 0.2) is 54.6 Å². The molecule has 2 aliphatic rings. The zero-order valence-corrected chi connectivity index (χ0v) is 16.4. The van der Waals surface area contributed by atoms with E-state index in [1.54, 1.807) is 0 Å². The molecule has 0 aliphatic carbocycles. The molecule has 2 aromatic carbocycles. The van der Waals surface area contributed by atoms with Gasteiger partial charge in [-0.15, -0.1) is 0 Å². The first kappa shape index (κ1) is 19.0. The fraction of sp³-hybridized carbons (Fsp3) is 0.435. The van der Waals surface area contributed by atoms with Gasteiger partial charge in [-0.25, -0.2) is 0 Å². The Hall–Kier alpha value is -2.37. The summed E-state index contributed by atoms with van der Waals surface area (Å²) in [6.45, 7) is 3.86. The number of hydrogen-bond acceptors (Lipinski definition) is 4. The number of amides is 1. The molecule has 2 atom stereocenters. The number of benzene rings is 2. The van der Waals surface area contributed by atoms with E-state index in [1.165, 1.54) is 5.56 Å². The fourth-order valence-electron chi connectivity index (χ4n) is 3.95. The molecular weight excluding hydrogens is 352 g/mol. The Morgan fingerprint density at radius 3 is 2.61 bits per heavy atom. The van der Waals surface area contributed by atoms with E-state index in [-0.39, 0.29) is 18.1 Å². The van der Waals surface area contributed by atoms with Crippen molar-refractivity contribution < 1.29 is 14.3 Å². The van der Waals surface area contributed by atoms with Crippen LogP contribution in [0.5, 0.6) is 5.75 Å². The molecule has 28 heavy (non-hydrogen) atoms. The lowest BCUT2D eigenvalue weighted by Gasteiger charge is -2.40. The van der Waals surface area contributed by atoms with Crippen LogP contribution in [0, 0.1) is 0 Å². The number of nitrogens with zero attached hydrogens (tertiary/aromatic N) is 2. The van der Waals surface area contributed by atoms with Gasteiger partial charge in [0.25, 0.3) is 5.91 Å². The second-order valence-electron chi connectivity index (χ2n) is 7.66. The van der Waals surface area contributed by atoms with Crippen LogP contribution < -0.4 is 4.74 Å². The first-order chi connectivity index (χ1) is 13.7. The predicted molar refractivity (Wildman–Crippen MR) is 109 cm³/mol. The van der Waals surface area contributed by atoms with Gasteiger partial charge < -0.3 is 19.3 Å². The van der Waals surface area contributed by atoms with Gasteiger partial charge in [-0.3, -0.25) is 4.79 Å². The summed E-state index contributed by atoms with van der Waals surface area (Å²) in [6.07, 6.45) is 2.36. The van der Waals surface area contributed by atoms with Crippen molar-refractivity contribution in [3.63, 3.8) is 0 Å². The minimum Gasteiger partial charge on any atom is -0.491 e. The second kappa shape index (κ2) is 8.76. The summed E-state index contributed by atoms with van der Waals surface area (Å²) in [6, 6.07) is 17.9. The molecule has 0 N–H and O–H groups in total. The molecule has 2 fully saturated rings. The van der Waals surface area contributed by atoms with Crippen molar-refractivity contribution in [3.8, 4) is 5.75 Å². The van der Waals surface area contributed by atoms with Crippen LogP contribution in [0.25, 0.3) is 0 Å². The van der Waals surface area contributed by atoms with E-state index in [0.29, 0.717) is 12.2 Å². The number of hydrogen-bond donors (Lipinski definition) is 0. The van der Waals surface area contributed by atoms with Crippen LogP contribution in [-0.4, -0.2) is 61.7 Å². The highest BCUT2D eigenvalue weighted by Crippen LogP contribution is 2.27. The summed E-state index contributed by atoms with van der Waals surface area (Å²) >= 11 is 0. The van der Waals surface area contributed by atoms with Gasteiger partial charge in [0.1, 0.15) is 12.4 Å². The van der Waals surface area contributed by atoms with Gasteiger partial charge in [0.15, 0.2) is 0 Å². The molecule has 2 aliphatic heterocycles. The zero-order valence-electron chi connectivity index (χ0n) is 16.4. The maximum absolute atomic E-state index is 13.2. The topological polar surface area (TPSA) is 42.0 Å². The molecule has 5 nitrogen and oxygen atoms in total. The van der Waals surface area contributed by atoms with Crippen molar-refractivity contribution in [3.05, 3.63) is 65.7 Å². The van der Waals surface area contributed by atoms with Crippen molar-refractivity contribution in [1.29, 1.82) is 0 Å².